The number of hydrogen-bond donors (Lipinski definition) is 7. The lowest BCUT2D eigenvalue weighted by Gasteiger charge is -2.24. The molecular formula is C24H31ClN8O6. The number of aromatic nitrogens is 2. The number of aromatic amines is 1. The Labute approximate surface area is 229 Å². The summed E-state index contributed by atoms with van der Waals surface area (Å²) in [6.07, 6.45) is 2.51. The van der Waals surface area contributed by atoms with Gasteiger partial charge in [-0.15, -0.1) is 11.6 Å². The average Bonchev–Trinajstić information content (AvgIpc) is 3.42. The van der Waals surface area contributed by atoms with Crippen LogP contribution in [-0.4, -0.2) is 81.1 Å². The fraction of sp³-hybridized carbons (Fsp3) is 0.375. The largest absolute Gasteiger partial charge is 0.481 e. The highest BCUT2D eigenvalue weighted by atomic mass is 35.5. The molecule has 0 bridgehead atoms. The Bertz CT molecular complexity index is 1150. The van der Waals surface area contributed by atoms with Crippen LogP contribution in [0.15, 0.2) is 47.8 Å². The van der Waals surface area contributed by atoms with E-state index < -0.39 is 59.9 Å². The van der Waals surface area contributed by atoms with E-state index in [1.165, 1.54) is 12.5 Å². The topological polar surface area (TPSA) is 235 Å². The van der Waals surface area contributed by atoms with E-state index in [0.29, 0.717) is 17.7 Å². The molecule has 0 unspecified atom stereocenters. The zero-order valence-electron chi connectivity index (χ0n) is 20.9. The number of nitrogens with zero attached hydrogens (tertiary/aromatic N) is 2. The molecule has 0 radical (unpaired) electrons. The zero-order valence-corrected chi connectivity index (χ0v) is 21.7. The van der Waals surface area contributed by atoms with Crippen molar-refractivity contribution in [3.05, 3.63) is 54.1 Å². The Morgan fingerprint density at radius 3 is 2.26 bits per heavy atom. The van der Waals surface area contributed by atoms with Crippen LogP contribution in [0.1, 0.15) is 35.3 Å². The van der Waals surface area contributed by atoms with Crippen molar-refractivity contribution in [2.75, 3.05) is 12.4 Å². The number of carboxylic acids is 1. The fourth-order valence-corrected chi connectivity index (χ4v) is 3.67. The van der Waals surface area contributed by atoms with Gasteiger partial charge in [0.2, 0.25) is 11.8 Å². The maximum Gasteiger partial charge on any atom is 0.305 e. The van der Waals surface area contributed by atoms with Crippen LogP contribution >= 0.6 is 11.6 Å². The number of amides is 3. The van der Waals surface area contributed by atoms with Gasteiger partial charge in [-0.3, -0.25) is 29.0 Å². The summed E-state index contributed by atoms with van der Waals surface area (Å²) in [7, 11) is 0. The van der Waals surface area contributed by atoms with E-state index in [9.17, 15) is 24.0 Å². The number of hydrogen-bond acceptors (Lipinski definition) is 7. The number of H-pyrrole nitrogens is 1. The molecule has 210 valence electrons. The van der Waals surface area contributed by atoms with Crippen molar-refractivity contribution in [3.63, 3.8) is 0 Å². The Morgan fingerprint density at radius 1 is 1.00 bits per heavy atom. The Morgan fingerprint density at radius 2 is 1.67 bits per heavy atom. The van der Waals surface area contributed by atoms with Gasteiger partial charge in [0.05, 0.1) is 24.7 Å². The molecule has 1 heterocycles. The number of rotatable bonds is 16. The van der Waals surface area contributed by atoms with Crippen molar-refractivity contribution in [1.82, 2.24) is 25.9 Å². The molecule has 14 nitrogen and oxygen atoms in total. The van der Waals surface area contributed by atoms with Crippen LogP contribution in [0.5, 0.6) is 0 Å². The number of halogens is 1. The number of Topliss-reactive ketones (excluding diaryl/α,β-unsaturated/α-hetero) is 1. The second-order valence-corrected chi connectivity index (χ2v) is 8.71. The van der Waals surface area contributed by atoms with Crippen molar-refractivity contribution in [3.8, 4) is 0 Å². The number of aliphatic imine (C=N–C) groups is 1. The summed E-state index contributed by atoms with van der Waals surface area (Å²) in [6, 6.07) is 4.49. The maximum atomic E-state index is 13.3. The lowest BCUT2D eigenvalue weighted by Crippen LogP contribution is -2.56. The van der Waals surface area contributed by atoms with E-state index in [1.807, 2.05) is 0 Å². The average molecular weight is 563 g/mol. The van der Waals surface area contributed by atoms with E-state index in [1.54, 1.807) is 30.3 Å². The molecule has 0 saturated carbocycles. The first-order valence-corrected chi connectivity index (χ1v) is 12.4. The number of carboxylic acid groups (broad SMARTS) is 1. The van der Waals surface area contributed by atoms with Crippen LogP contribution in [0.25, 0.3) is 0 Å². The minimum Gasteiger partial charge on any atom is -0.481 e. The standard InChI is InChI=1S/C24H31ClN8O6/c25-11-19(34)17(10-20(35)36)32-23(39)18(9-15-12-28-13-30-15)33-22(38)16(7-4-8-29-24(26)27)31-21(37)14-5-2-1-3-6-14/h1-3,5-6,12-13,16-18H,4,7-11H2,(H,28,30)(H,31,37)(H,32,39)(H,33,38)(H,35,36)(H4,26,27,29)/t16-,17+,18-/m0/s1. The molecule has 0 aliphatic heterocycles. The van der Waals surface area contributed by atoms with Crippen molar-refractivity contribution >= 4 is 47.0 Å². The first kappa shape index (κ1) is 30.8. The van der Waals surface area contributed by atoms with Gasteiger partial charge in [-0.05, 0) is 25.0 Å². The van der Waals surface area contributed by atoms with Crippen molar-refractivity contribution < 1.29 is 29.1 Å². The summed E-state index contributed by atoms with van der Waals surface area (Å²) < 4.78 is 0. The molecule has 1 aromatic carbocycles. The lowest BCUT2D eigenvalue weighted by molar-refractivity contribution is -0.140. The first-order chi connectivity index (χ1) is 18.6. The number of imidazole rings is 1. The molecular weight excluding hydrogens is 532 g/mol. The van der Waals surface area contributed by atoms with Crippen LogP contribution in [0.3, 0.4) is 0 Å². The number of nitrogens with two attached hydrogens (primary N) is 2. The number of benzene rings is 1. The lowest BCUT2D eigenvalue weighted by atomic mass is 10.1. The number of carbonyl (C=O) groups is 5. The van der Waals surface area contributed by atoms with E-state index in [2.05, 4.69) is 30.9 Å². The van der Waals surface area contributed by atoms with Crippen LogP contribution in [0.2, 0.25) is 0 Å². The summed E-state index contributed by atoms with van der Waals surface area (Å²) in [6.45, 7) is 0.197. The molecule has 9 N–H and O–H groups in total. The molecule has 0 spiro atoms. The van der Waals surface area contributed by atoms with E-state index >= 15 is 0 Å². The third-order valence-corrected chi connectivity index (χ3v) is 5.69. The van der Waals surface area contributed by atoms with E-state index in [4.69, 9.17) is 28.2 Å². The van der Waals surface area contributed by atoms with Crippen molar-refractivity contribution in [2.45, 2.75) is 43.8 Å². The fourth-order valence-electron chi connectivity index (χ4n) is 3.49. The van der Waals surface area contributed by atoms with Gasteiger partial charge in [0.25, 0.3) is 5.91 Å². The third-order valence-electron chi connectivity index (χ3n) is 5.43. The number of aliphatic carboxylic acids is 1. The Kier molecular flexibility index (Phi) is 12.4. The van der Waals surface area contributed by atoms with Gasteiger partial charge in [-0.25, -0.2) is 4.98 Å². The highest BCUT2D eigenvalue weighted by Crippen LogP contribution is 2.07. The van der Waals surface area contributed by atoms with E-state index in [0.717, 1.165) is 0 Å². The summed E-state index contributed by atoms with van der Waals surface area (Å²) in [5.74, 6) is -4.69. The molecule has 2 rings (SSSR count). The van der Waals surface area contributed by atoms with Crippen LogP contribution < -0.4 is 27.4 Å². The number of nitrogens with one attached hydrogen (secondary N) is 4. The zero-order chi connectivity index (χ0) is 28.8. The van der Waals surface area contributed by atoms with Crippen molar-refractivity contribution in [2.24, 2.45) is 16.5 Å². The summed E-state index contributed by atoms with van der Waals surface area (Å²) >= 11 is 5.57. The number of ketones is 1. The van der Waals surface area contributed by atoms with Gasteiger partial charge in [0, 0.05) is 30.4 Å². The van der Waals surface area contributed by atoms with Gasteiger partial charge in [0.1, 0.15) is 12.1 Å². The predicted octanol–water partition coefficient (Wildman–Crippen LogP) is -0.943. The Balaban J connectivity index is 2.24. The van der Waals surface area contributed by atoms with Crippen LogP contribution in [-0.2, 0) is 25.6 Å². The highest BCUT2D eigenvalue weighted by molar-refractivity contribution is 6.28. The van der Waals surface area contributed by atoms with E-state index in [-0.39, 0.29) is 25.3 Å². The molecule has 3 amide bonds. The molecule has 15 heteroatoms. The van der Waals surface area contributed by atoms with Gasteiger partial charge in [-0.2, -0.15) is 0 Å². The molecule has 3 atom stereocenters. The monoisotopic (exact) mass is 562 g/mol. The van der Waals surface area contributed by atoms with Gasteiger partial charge < -0.3 is 37.5 Å². The smallest absolute Gasteiger partial charge is 0.305 e. The molecule has 2 aromatic rings. The second-order valence-electron chi connectivity index (χ2n) is 8.44. The summed E-state index contributed by atoms with van der Waals surface area (Å²) in [4.78, 5) is 73.1. The minimum atomic E-state index is -1.40. The number of guanidine groups is 1. The third kappa shape index (κ3) is 10.8. The number of carbonyl (C=O) groups excluding carboxylic acids is 4. The quantitative estimate of drug-likeness (QED) is 0.0577. The molecule has 39 heavy (non-hydrogen) atoms. The number of alkyl halides is 1. The molecule has 0 saturated heterocycles. The van der Waals surface area contributed by atoms with Crippen LogP contribution in [0.4, 0.5) is 0 Å². The highest BCUT2D eigenvalue weighted by Gasteiger charge is 2.31. The predicted molar refractivity (Wildman–Crippen MR) is 142 cm³/mol. The molecule has 0 aliphatic rings. The molecule has 1 aromatic heterocycles. The second kappa shape index (κ2) is 15.7. The van der Waals surface area contributed by atoms with Crippen LogP contribution in [0, 0.1) is 0 Å². The minimum absolute atomic E-state index is 0.0697. The van der Waals surface area contributed by atoms with Crippen molar-refractivity contribution in [1.29, 1.82) is 0 Å². The van der Waals surface area contributed by atoms with Gasteiger partial charge in [0.15, 0.2) is 11.7 Å². The normalized spacial score (nSPS) is 12.8. The van der Waals surface area contributed by atoms with Gasteiger partial charge in [-0.1, -0.05) is 18.2 Å². The maximum absolute atomic E-state index is 13.3. The SMILES string of the molecule is NC(N)=NCCC[C@H](NC(=O)c1ccccc1)C(=O)N[C@@H](Cc1cnc[nH]1)C(=O)N[C@H](CC(=O)O)C(=O)CCl. The van der Waals surface area contributed by atoms with Gasteiger partial charge >= 0.3 is 5.97 Å². The summed E-state index contributed by atoms with van der Waals surface area (Å²) in [5, 5.41) is 16.7. The molecule has 0 aliphatic carbocycles. The molecule has 0 fully saturated rings. The first-order valence-electron chi connectivity index (χ1n) is 11.9. The Hall–Kier alpha value is -4.46. The summed E-state index contributed by atoms with van der Waals surface area (Å²) in [5.41, 5.74) is 11.5.